The average Bonchev–Trinajstić information content (AvgIpc) is 2.65. The number of nitrogens with zero attached hydrogens (tertiary/aromatic N) is 1. The van der Waals surface area contributed by atoms with Crippen LogP contribution in [0.1, 0.15) is 11.5 Å². The Morgan fingerprint density at radius 3 is 2.86 bits per heavy atom. The molecule has 7 heteroatoms. The summed E-state index contributed by atoms with van der Waals surface area (Å²) in [6, 6.07) is 5.29. The van der Waals surface area contributed by atoms with E-state index in [1.807, 2.05) is 12.3 Å². The molecule has 1 saturated heterocycles. The molecular weight excluding hydrogens is 333 g/mol. The topological polar surface area (TPSA) is 49.8 Å². The fraction of sp³-hybridized carbons (Fsp3) is 0.500. The summed E-state index contributed by atoms with van der Waals surface area (Å²) in [5, 5.41) is 10.4. The summed E-state index contributed by atoms with van der Waals surface area (Å²) in [4.78, 5) is 13.0. The molecule has 1 fully saturated rings. The second-order valence-electron chi connectivity index (χ2n) is 4.85. The zero-order chi connectivity index (χ0) is 15.4. The number of thioether (sulfide) groups is 1. The van der Waals surface area contributed by atoms with Crippen molar-refractivity contribution >= 4 is 41.1 Å². The van der Waals surface area contributed by atoms with Gasteiger partial charge in [0.1, 0.15) is 0 Å². The van der Waals surface area contributed by atoms with E-state index in [0.717, 1.165) is 5.56 Å². The molecule has 0 saturated carbocycles. The van der Waals surface area contributed by atoms with Crippen molar-refractivity contribution in [3.05, 3.63) is 33.8 Å². The number of benzene rings is 1. The number of amides is 1. The summed E-state index contributed by atoms with van der Waals surface area (Å²) in [5.74, 6) is 0.659. The van der Waals surface area contributed by atoms with E-state index in [1.54, 1.807) is 23.9 Å². The van der Waals surface area contributed by atoms with Gasteiger partial charge in [0.05, 0.1) is 29.3 Å². The minimum atomic E-state index is -0.912. The fourth-order valence-corrected chi connectivity index (χ4v) is 3.60. The van der Waals surface area contributed by atoms with Gasteiger partial charge in [0.25, 0.3) is 0 Å². The van der Waals surface area contributed by atoms with E-state index in [-0.39, 0.29) is 12.0 Å². The van der Waals surface area contributed by atoms with Crippen molar-refractivity contribution < 1.29 is 14.6 Å². The molecule has 2 atom stereocenters. The van der Waals surface area contributed by atoms with Crippen molar-refractivity contribution in [3.8, 4) is 0 Å². The Hall–Kier alpha value is -0.620. The second kappa shape index (κ2) is 7.58. The zero-order valence-electron chi connectivity index (χ0n) is 11.6. The standard InChI is InChI=1S/C14H17Cl2NO3S/c1-21-8-13-10(7-20-5-4-17(13)14(18)19)9-2-3-11(15)12(16)6-9/h2-3,6,10,13H,4-5,7-8H2,1H3,(H,18,19). The van der Waals surface area contributed by atoms with Gasteiger partial charge in [-0.25, -0.2) is 4.79 Å². The van der Waals surface area contributed by atoms with Crippen LogP contribution in [0.4, 0.5) is 4.79 Å². The molecule has 0 aliphatic carbocycles. The van der Waals surface area contributed by atoms with Gasteiger partial charge in [-0.05, 0) is 24.0 Å². The third-order valence-corrected chi connectivity index (χ3v) is 5.01. The number of rotatable bonds is 3. The van der Waals surface area contributed by atoms with Crippen molar-refractivity contribution in [2.24, 2.45) is 0 Å². The fourth-order valence-electron chi connectivity index (χ4n) is 2.54. The maximum absolute atomic E-state index is 11.5. The number of ether oxygens (including phenoxy) is 1. The first-order chi connectivity index (χ1) is 10.0. The molecule has 1 N–H and O–H groups in total. The lowest BCUT2D eigenvalue weighted by molar-refractivity contribution is 0.121. The summed E-state index contributed by atoms with van der Waals surface area (Å²) >= 11 is 13.7. The van der Waals surface area contributed by atoms with Crippen LogP contribution in [-0.2, 0) is 4.74 Å². The second-order valence-corrected chi connectivity index (χ2v) is 6.58. The van der Waals surface area contributed by atoms with Crippen LogP contribution in [0, 0.1) is 0 Å². The molecule has 1 aromatic carbocycles. The van der Waals surface area contributed by atoms with Gasteiger partial charge in [-0.1, -0.05) is 29.3 Å². The molecule has 0 spiro atoms. The van der Waals surface area contributed by atoms with Crippen LogP contribution in [0.25, 0.3) is 0 Å². The number of carboxylic acid groups (broad SMARTS) is 1. The monoisotopic (exact) mass is 349 g/mol. The van der Waals surface area contributed by atoms with Crippen molar-refractivity contribution in [2.45, 2.75) is 12.0 Å². The molecule has 2 rings (SSSR count). The van der Waals surface area contributed by atoms with E-state index in [9.17, 15) is 9.90 Å². The Balaban J connectivity index is 2.35. The number of hydrogen-bond acceptors (Lipinski definition) is 3. The Bertz CT molecular complexity index is 515. The summed E-state index contributed by atoms with van der Waals surface area (Å²) < 4.78 is 5.60. The number of carbonyl (C=O) groups is 1. The van der Waals surface area contributed by atoms with Crippen LogP contribution >= 0.6 is 35.0 Å². The van der Waals surface area contributed by atoms with Crippen molar-refractivity contribution in [1.82, 2.24) is 4.90 Å². The van der Waals surface area contributed by atoms with Crippen LogP contribution in [0.2, 0.25) is 10.0 Å². The molecule has 0 aromatic heterocycles. The molecule has 2 unspecified atom stereocenters. The van der Waals surface area contributed by atoms with Crippen LogP contribution < -0.4 is 0 Å². The molecule has 1 aliphatic heterocycles. The maximum atomic E-state index is 11.5. The van der Waals surface area contributed by atoms with E-state index in [4.69, 9.17) is 27.9 Å². The molecule has 21 heavy (non-hydrogen) atoms. The predicted octanol–water partition coefficient (Wildman–Crippen LogP) is 3.82. The molecule has 4 nitrogen and oxygen atoms in total. The highest BCUT2D eigenvalue weighted by molar-refractivity contribution is 7.98. The molecule has 1 aromatic rings. The lowest BCUT2D eigenvalue weighted by Gasteiger charge is -2.32. The lowest BCUT2D eigenvalue weighted by Crippen LogP contribution is -2.45. The smallest absolute Gasteiger partial charge is 0.407 e. The highest BCUT2D eigenvalue weighted by Gasteiger charge is 2.34. The van der Waals surface area contributed by atoms with Crippen molar-refractivity contribution in [2.75, 3.05) is 31.8 Å². The van der Waals surface area contributed by atoms with Crippen LogP contribution in [0.5, 0.6) is 0 Å². The molecule has 0 bridgehead atoms. The van der Waals surface area contributed by atoms with E-state index in [1.165, 1.54) is 4.90 Å². The Morgan fingerprint density at radius 2 is 2.24 bits per heavy atom. The molecular formula is C14H17Cl2NO3S. The number of halogens is 2. The van der Waals surface area contributed by atoms with Gasteiger partial charge in [0, 0.05) is 18.2 Å². The van der Waals surface area contributed by atoms with Crippen molar-refractivity contribution in [1.29, 1.82) is 0 Å². The average molecular weight is 350 g/mol. The molecule has 1 amide bonds. The normalized spacial score (nSPS) is 22.9. The maximum Gasteiger partial charge on any atom is 0.407 e. The Labute approximate surface area is 138 Å². The third-order valence-electron chi connectivity index (χ3n) is 3.59. The lowest BCUT2D eigenvalue weighted by atomic mass is 9.92. The molecule has 116 valence electrons. The Kier molecular flexibility index (Phi) is 6.05. The van der Waals surface area contributed by atoms with Crippen LogP contribution in [0.15, 0.2) is 18.2 Å². The predicted molar refractivity (Wildman–Crippen MR) is 86.9 cm³/mol. The van der Waals surface area contributed by atoms with E-state index in [2.05, 4.69) is 0 Å². The zero-order valence-corrected chi connectivity index (χ0v) is 13.9. The summed E-state index contributed by atoms with van der Waals surface area (Å²) in [7, 11) is 0. The van der Waals surface area contributed by atoms with Gasteiger partial charge in [-0.3, -0.25) is 0 Å². The van der Waals surface area contributed by atoms with Gasteiger partial charge in [0.2, 0.25) is 0 Å². The minimum absolute atomic E-state index is 0.0502. The highest BCUT2D eigenvalue weighted by atomic mass is 35.5. The van der Waals surface area contributed by atoms with E-state index in [0.29, 0.717) is 35.6 Å². The quantitative estimate of drug-likeness (QED) is 0.900. The Morgan fingerprint density at radius 1 is 1.48 bits per heavy atom. The first-order valence-electron chi connectivity index (χ1n) is 6.55. The molecule has 1 aliphatic rings. The first-order valence-corrected chi connectivity index (χ1v) is 8.70. The van der Waals surface area contributed by atoms with Gasteiger partial charge in [-0.2, -0.15) is 11.8 Å². The van der Waals surface area contributed by atoms with Gasteiger partial charge < -0.3 is 14.7 Å². The summed E-state index contributed by atoms with van der Waals surface area (Å²) in [5.41, 5.74) is 0.955. The summed E-state index contributed by atoms with van der Waals surface area (Å²) in [6.07, 6.45) is 1.06. The number of hydrogen-bond donors (Lipinski definition) is 1. The van der Waals surface area contributed by atoms with Gasteiger partial charge in [-0.15, -0.1) is 0 Å². The SMILES string of the molecule is CSCC1C(c2ccc(Cl)c(Cl)c2)COCCN1C(=O)O. The van der Waals surface area contributed by atoms with Gasteiger partial charge in [0.15, 0.2) is 0 Å². The highest BCUT2D eigenvalue weighted by Crippen LogP contribution is 2.32. The summed E-state index contributed by atoms with van der Waals surface area (Å²) in [6.45, 7) is 1.28. The molecule has 0 radical (unpaired) electrons. The van der Waals surface area contributed by atoms with Crippen molar-refractivity contribution in [3.63, 3.8) is 0 Å². The van der Waals surface area contributed by atoms with Crippen LogP contribution in [0.3, 0.4) is 0 Å². The third kappa shape index (κ3) is 3.97. The first kappa shape index (κ1) is 16.7. The van der Waals surface area contributed by atoms with E-state index < -0.39 is 6.09 Å². The minimum Gasteiger partial charge on any atom is -0.465 e. The largest absolute Gasteiger partial charge is 0.465 e. The van der Waals surface area contributed by atoms with Crippen LogP contribution in [-0.4, -0.2) is 53.9 Å². The van der Waals surface area contributed by atoms with E-state index >= 15 is 0 Å². The molecule has 1 heterocycles. The van der Waals surface area contributed by atoms with Gasteiger partial charge >= 0.3 is 6.09 Å².